The number of hydrogen-bond donors (Lipinski definition) is 2. The number of carboxylic acids is 1. The molecule has 0 aliphatic heterocycles. The molecule has 0 spiro atoms. The van der Waals surface area contributed by atoms with Gasteiger partial charge in [0.2, 0.25) is 5.95 Å². The number of benzene rings is 1. The maximum absolute atomic E-state index is 13.4. The Balaban J connectivity index is 2.24. The normalized spacial score (nSPS) is 12.8. The van der Waals surface area contributed by atoms with Crippen molar-refractivity contribution in [2.45, 2.75) is 30.2 Å². The number of halogens is 3. The van der Waals surface area contributed by atoms with Gasteiger partial charge in [0.1, 0.15) is 0 Å². The van der Waals surface area contributed by atoms with E-state index in [-0.39, 0.29) is 22.5 Å². The second kappa shape index (κ2) is 6.08. The molecule has 2 N–H and O–H groups in total. The van der Waals surface area contributed by atoms with Crippen molar-refractivity contribution in [3.63, 3.8) is 0 Å². The lowest BCUT2D eigenvalue weighted by Gasteiger charge is -2.15. The van der Waals surface area contributed by atoms with Crippen LogP contribution in [-0.2, 0) is 16.0 Å². The van der Waals surface area contributed by atoms with Crippen molar-refractivity contribution in [2.75, 3.05) is 0 Å². The number of hydrogen-bond acceptors (Lipinski definition) is 5. The van der Waals surface area contributed by atoms with Crippen LogP contribution >= 0.6 is 0 Å². The number of nitrogens with zero attached hydrogens (tertiary/aromatic N) is 3. The zero-order valence-electron chi connectivity index (χ0n) is 13.9. The molecule has 27 heavy (non-hydrogen) atoms. The van der Waals surface area contributed by atoms with E-state index < -0.39 is 37.7 Å². The number of aromatic nitrogens is 4. The predicted octanol–water partition coefficient (Wildman–Crippen LogP) is 2.65. The third-order valence-corrected chi connectivity index (χ3v) is 6.04. The van der Waals surface area contributed by atoms with Crippen molar-refractivity contribution in [3.8, 4) is 5.95 Å². The molecule has 0 atom stereocenters. The number of carbonyl (C=O) groups is 1. The highest BCUT2D eigenvalue weighted by atomic mass is 32.2. The first-order chi connectivity index (χ1) is 12.4. The van der Waals surface area contributed by atoms with Gasteiger partial charge in [-0.3, -0.25) is 0 Å². The zero-order chi connectivity index (χ0) is 20.1. The van der Waals surface area contributed by atoms with E-state index in [0.29, 0.717) is 6.07 Å². The van der Waals surface area contributed by atoms with E-state index in [2.05, 4.69) is 15.1 Å². The maximum atomic E-state index is 13.4. The Bertz CT molecular complexity index is 1150. The fourth-order valence-corrected chi connectivity index (χ4v) is 3.66. The van der Waals surface area contributed by atoms with Crippen molar-refractivity contribution in [1.29, 1.82) is 0 Å². The fourth-order valence-electron chi connectivity index (χ4n) is 2.39. The van der Waals surface area contributed by atoms with Gasteiger partial charge in [0.05, 0.1) is 38.5 Å². The minimum Gasteiger partial charge on any atom is -0.478 e. The predicted molar refractivity (Wildman–Crippen MR) is 87.5 cm³/mol. The second-order valence-corrected chi connectivity index (χ2v) is 8.47. The first-order valence-electron chi connectivity index (χ1n) is 7.54. The van der Waals surface area contributed by atoms with Crippen LogP contribution < -0.4 is 0 Å². The van der Waals surface area contributed by atoms with E-state index >= 15 is 0 Å². The first kappa shape index (κ1) is 18.9. The summed E-state index contributed by atoms with van der Waals surface area (Å²) in [6.07, 6.45) is -2.72. The zero-order valence-corrected chi connectivity index (χ0v) is 14.8. The number of H-pyrrole nitrogens is 1. The SMILES string of the molecule is CC(C)S(=O)(=O)c1cc2nc(-n3cc(C(=O)O)cn3)[nH]c2cc1C(F)(F)F. The summed E-state index contributed by atoms with van der Waals surface area (Å²) in [5.41, 5.74) is -1.53. The van der Waals surface area contributed by atoms with Gasteiger partial charge in [0, 0.05) is 6.20 Å². The number of sulfone groups is 1. The Labute approximate surface area is 150 Å². The summed E-state index contributed by atoms with van der Waals surface area (Å²) in [7, 11) is -4.22. The molecule has 0 aliphatic carbocycles. The van der Waals surface area contributed by atoms with E-state index in [1.54, 1.807) is 0 Å². The Morgan fingerprint density at radius 2 is 1.96 bits per heavy atom. The van der Waals surface area contributed by atoms with Gasteiger partial charge in [-0.05, 0) is 26.0 Å². The molecule has 1 aromatic carbocycles. The molecular formula is C15H13F3N4O4S. The van der Waals surface area contributed by atoms with Crippen LogP contribution in [-0.4, -0.2) is 44.5 Å². The smallest absolute Gasteiger partial charge is 0.417 e. The lowest BCUT2D eigenvalue weighted by atomic mass is 10.2. The minimum absolute atomic E-state index is 0.0235. The minimum atomic E-state index is -4.89. The Hall–Kier alpha value is -2.89. The summed E-state index contributed by atoms with van der Waals surface area (Å²) in [4.78, 5) is 16.7. The number of rotatable bonds is 4. The largest absolute Gasteiger partial charge is 0.478 e. The van der Waals surface area contributed by atoms with Crippen LogP contribution in [0.5, 0.6) is 0 Å². The Morgan fingerprint density at radius 1 is 1.30 bits per heavy atom. The molecule has 0 saturated heterocycles. The van der Waals surface area contributed by atoms with Crippen molar-refractivity contribution >= 4 is 26.8 Å². The highest BCUT2D eigenvalue weighted by Crippen LogP contribution is 2.37. The third-order valence-electron chi connectivity index (χ3n) is 3.85. The van der Waals surface area contributed by atoms with E-state index in [0.717, 1.165) is 23.1 Å². The molecule has 3 rings (SSSR count). The van der Waals surface area contributed by atoms with Crippen molar-refractivity contribution in [2.24, 2.45) is 0 Å². The summed E-state index contributed by atoms with van der Waals surface area (Å²) >= 11 is 0. The molecule has 12 heteroatoms. The van der Waals surface area contributed by atoms with Crippen LogP contribution in [0.3, 0.4) is 0 Å². The Kier molecular flexibility index (Phi) is 4.25. The van der Waals surface area contributed by atoms with Gasteiger partial charge in [-0.25, -0.2) is 22.9 Å². The van der Waals surface area contributed by atoms with Crippen molar-refractivity contribution in [1.82, 2.24) is 19.7 Å². The van der Waals surface area contributed by atoms with Crippen molar-refractivity contribution < 1.29 is 31.5 Å². The highest BCUT2D eigenvalue weighted by molar-refractivity contribution is 7.92. The summed E-state index contributed by atoms with van der Waals surface area (Å²) in [6, 6.07) is 1.53. The van der Waals surface area contributed by atoms with E-state index in [9.17, 15) is 26.4 Å². The summed E-state index contributed by atoms with van der Waals surface area (Å²) < 4.78 is 66.0. The summed E-state index contributed by atoms with van der Waals surface area (Å²) in [5, 5.41) is 11.6. The number of imidazole rings is 1. The number of aromatic carboxylic acids is 1. The third kappa shape index (κ3) is 3.27. The van der Waals surface area contributed by atoms with Crippen LogP contribution in [0.15, 0.2) is 29.4 Å². The standard InChI is InChI=1S/C15H13F3N4O4S/c1-7(2)27(25,26)12-4-11-10(3-9(12)15(16,17)18)20-14(21-11)22-6-8(5-19-22)13(23)24/h3-7H,1-2H3,(H,20,21)(H,23,24). The molecular weight excluding hydrogens is 389 g/mol. The fraction of sp³-hybridized carbons (Fsp3) is 0.267. The molecule has 0 radical (unpaired) electrons. The monoisotopic (exact) mass is 402 g/mol. The second-order valence-electron chi connectivity index (χ2n) is 6.00. The average molecular weight is 402 g/mol. The van der Waals surface area contributed by atoms with Gasteiger partial charge in [-0.1, -0.05) is 0 Å². The number of aromatic amines is 1. The molecule has 8 nitrogen and oxygen atoms in total. The summed E-state index contributed by atoms with van der Waals surface area (Å²) in [6.45, 7) is 2.57. The van der Waals surface area contributed by atoms with E-state index in [1.807, 2.05) is 0 Å². The topological polar surface area (TPSA) is 118 Å². The first-order valence-corrected chi connectivity index (χ1v) is 9.09. The quantitative estimate of drug-likeness (QED) is 0.693. The van der Waals surface area contributed by atoms with Crippen LogP contribution in [0.25, 0.3) is 17.0 Å². The van der Waals surface area contributed by atoms with Gasteiger partial charge in [0.25, 0.3) is 0 Å². The van der Waals surface area contributed by atoms with Gasteiger partial charge >= 0.3 is 12.1 Å². The molecule has 0 saturated carbocycles. The van der Waals surface area contributed by atoms with Gasteiger partial charge in [-0.2, -0.15) is 18.3 Å². The highest BCUT2D eigenvalue weighted by Gasteiger charge is 2.38. The summed E-state index contributed by atoms with van der Waals surface area (Å²) in [5.74, 6) is -1.29. The van der Waals surface area contributed by atoms with E-state index in [1.165, 1.54) is 13.8 Å². The lowest BCUT2D eigenvalue weighted by Crippen LogP contribution is -2.19. The van der Waals surface area contributed by atoms with Gasteiger partial charge < -0.3 is 10.1 Å². The average Bonchev–Trinajstić information content (AvgIpc) is 3.18. The van der Waals surface area contributed by atoms with Crippen molar-refractivity contribution in [3.05, 3.63) is 35.7 Å². The molecule has 0 aliphatic rings. The molecule has 0 fully saturated rings. The number of nitrogens with one attached hydrogen (secondary N) is 1. The molecule has 144 valence electrons. The molecule has 2 heterocycles. The number of alkyl halides is 3. The molecule has 2 aromatic heterocycles. The molecule has 0 amide bonds. The number of fused-ring (bicyclic) bond motifs is 1. The van der Waals surface area contributed by atoms with Crippen LogP contribution in [0.1, 0.15) is 29.8 Å². The van der Waals surface area contributed by atoms with Gasteiger partial charge in [0.15, 0.2) is 9.84 Å². The van der Waals surface area contributed by atoms with E-state index in [4.69, 9.17) is 5.11 Å². The molecule has 3 aromatic rings. The Morgan fingerprint density at radius 3 is 2.48 bits per heavy atom. The number of carboxylic acid groups (broad SMARTS) is 1. The van der Waals surface area contributed by atoms with Crippen LogP contribution in [0.2, 0.25) is 0 Å². The maximum Gasteiger partial charge on any atom is 0.417 e. The molecule has 0 bridgehead atoms. The van der Waals surface area contributed by atoms with Gasteiger partial charge in [-0.15, -0.1) is 0 Å². The molecule has 0 unspecified atom stereocenters. The van der Waals surface area contributed by atoms with Crippen LogP contribution in [0, 0.1) is 0 Å². The van der Waals surface area contributed by atoms with Crippen LogP contribution in [0.4, 0.5) is 13.2 Å². The lowest BCUT2D eigenvalue weighted by molar-refractivity contribution is -0.139.